The van der Waals surface area contributed by atoms with Crippen molar-refractivity contribution in [1.82, 2.24) is 15.1 Å². The number of ether oxygens (including phenoxy) is 2. The highest BCUT2D eigenvalue weighted by atomic mass is 16.5. The maximum atomic E-state index is 5.58. The van der Waals surface area contributed by atoms with Gasteiger partial charge in [-0.05, 0) is 26.0 Å². The Morgan fingerprint density at radius 1 is 1.19 bits per heavy atom. The van der Waals surface area contributed by atoms with Crippen molar-refractivity contribution in [3.63, 3.8) is 0 Å². The molecule has 3 aliphatic rings. The van der Waals surface area contributed by atoms with Gasteiger partial charge in [-0.3, -0.25) is 14.8 Å². The van der Waals surface area contributed by atoms with Crippen LogP contribution < -0.4 is 20.1 Å². The van der Waals surface area contributed by atoms with Gasteiger partial charge in [0.1, 0.15) is 0 Å². The lowest BCUT2D eigenvalue weighted by molar-refractivity contribution is 0.0174. The number of hydrogen-bond donors (Lipinski definition) is 2. The molecule has 0 aliphatic carbocycles. The smallest absolute Gasteiger partial charge is 0.195 e. The molecule has 3 fully saturated rings. The summed E-state index contributed by atoms with van der Waals surface area (Å²) in [6.07, 6.45) is 0. The molecule has 1 atom stereocenters. The number of aliphatic imine (C=N–C) groups is 1. The van der Waals surface area contributed by atoms with Crippen molar-refractivity contribution >= 4 is 11.6 Å². The Kier molecular flexibility index (Phi) is 6.57. The number of benzene rings is 1. The summed E-state index contributed by atoms with van der Waals surface area (Å²) >= 11 is 0. The average Bonchev–Trinajstić information content (AvgIpc) is 2.68. The zero-order valence-electron chi connectivity index (χ0n) is 16.1. The Hall–Kier alpha value is -1.99. The maximum absolute atomic E-state index is 5.58. The van der Waals surface area contributed by atoms with E-state index in [0.717, 1.165) is 42.8 Å². The summed E-state index contributed by atoms with van der Waals surface area (Å²) < 4.78 is 11.0. The third kappa shape index (κ3) is 4.59. The van der Waals surface area contributed by atoms with Crippen molar-refractivity contribution in [2.24, 2.45) is 4.99 Å². The first-order valence-corrected chi connectivity index (χ1v) is 9.56. The molecular weight excluding hydrogens is 330 g/mol. The van der Waals surface area contributed by atoms with E-state index in [-0.39, 0.29) is 0 Å². The van der Waals surface area contributed by atoms with E-state index in [1.165, 1.54) is 26.2 Å². The Morgan fingerprint density at radius 2 is 2.00 bits per heavy atom. The highest BCUT2D eigenvalue weighted by molar-refractivity contribution is 5.93. The van der Waals surface area contributed by atoms with Gasteiger partial charge < -0.3 is 20.1 Å². The fraction of sp³-hybridized carbons (Fsp3) is 0.632. The number of fused-ring (bicyclic) bond motifs is 3. The van der Waals surface area contributed by atoms with E-state index in [0.29, 0.717) is 12.6 Å². The summed E-state index contributed by atoms with van der Waals surface area (Å²) in [5, 5.41) is 6.71. The van der Waals surface area contributed by atoms with Gasteiger partial charge in [-0.15, -0.1) is 0 Å². The lowest BCUT2D eigenvalue weighted by atomic mass is 10.1. The van der Waals surface area contributed by atoms with E-state index in [1.54, 1.807) is 7.11 Å². The molecule has 3 aliphatic heterocycles. The zero-order valence-corrected chi connectivity index (χ0v) is 16.1. The Balaban J connectivity index is 1.66. The molecule has 0 spiro atoms. The third-order valence-corrected chi connectivity index (χ3v) is 4.92. The number of nitrogens with one attached hydrogen (secondary N) is 2. The van der Waals surface area contributed by atoms with Crippen LogP contribution in [0.4, 0.5) is 5.69 Å². The molecule has 4 rings (SSSR count). The first-order chi connectivity index (χ1) is 12.7. The molecule has 2 N–H and O–H groups in total. The maximum Gasteiger partial charge on any atom is 0.195 e. The van der Waals surface area contributed by atoms with Crippen molar-refractivity contribution in [3.8, 4) is 11.5 Å². The van der Waals surface area contributed by atoms with Gasteiger partial charge in [0.05, 0.1) is 20.3 Å². The number of hydrogen-bond acceptors (Lipinski definition) is 5. The van der Waals surface area contributed by atoms with E-state index in [9.17, 15) is 0 Å². The highest BCUT2D eigenvalue weighted by Gasteiger charge is 2.31. The molecule has 7 nitrogen and oxygen atoms in total. The van der Waals surface area contributed by atoms with Gasteiger partial charge in [-0.25, -0.2) is 0 Å². The van der Waals surface area contributed by atoms with Gasteiger partial charge in [-0.2, -0.15) is 0 Å². The van der Waals surface area contributed by atoms with Gasteiger partial charge in [0.15, 0.2) is 17.5 Å². The van der Waals surface area contributed by atoms with Crippen LogP contribution >= 0.6 is 0 Å². The molecule has 3 saturated heterocycles. The van der Waals surface area contributed by atoms with Crippen LogP contribution in [0.15, 0.2) is 23.2 Å². The lowest BCUT2D eigenvalue weighted by Gasteiger charge is -2.47. The van der Waals surface area contributed by atoms with E-state index in [4.69, 9.17) is 14.5 Å². The summed E-state index contributed by atoms with van der Waals surface area (Å²) in [6, 6.07) is 6.36. The Labute approximate surface area is 156 Å². The fourth-order valence-electron chi connectivity index (χ4n) is 3.56. The Bertz CT molecular complexity index is 614. The van der Waals surface area contributed by atoms with Crippen molar-refractivity contribution in [3.05, 3.63) is 18.2 Å². The van der Waals surface area contributed by atoms with Gasteiger partial charge in [-0.1, -0.05) is 0 Å². The number of rotatable bonds is 7. The van der Waals surface area contributed by atoms with Crippen molar-refractivity contribution < 1.29 is 9.47 Å². The zero-order chi connectivity index (χ0) is 18.4. The van der Waals surface area contributed by atoms with Crippen LogP contribution in [0.5, 0.6) is 11.5 Å². The lowest BCUT2D eigenvalue weighted by Crippen LogP contribution is -2.61. The SMILES string of the molecule is CCNC(=NCC1CN2CCN1CC2)Nc1ccc(OCC)c(OC)c1. The standard InChI is InChI=1S/C19H31N5O2/c1-4-20-19(21-13-16-14-23-8-10-24(16)11-9-23)22-15-6-7-17(26-5-2)18(12-15)25-3/h6-7,12,16H,4-5,8-11,13-14H2,1-3H3,(H2,20,21,22). The molecule has 1 aromatic rings. The van der Waals surface area contributed by atoms with E-state index in [2.05, 4.69) is 27.4 Å². The quantitative estimate of drug-likeness (QED) is 0.567. The predicted octanol–water partition coefficient (Wildman–Crippen LogP) is 1.47. The largest absolute Gasteiger partial charge is 0.493 e. The minimum absolute atomic E-state index is 0.517. The van der Waals surface area contributed by atoms with Gasteiger partial charge in [0.25, 0.3) is 0 Å². The molecule has 2 bridgehead atoms. The summed E-state index contributed by atoms with van der Waals surface area (Å²) in [5.74, 6) is 2.27. The van der Waals surface area contributed by atoms with Crippen molar-refractivity contribution in [2.45, 2.75) is 19.9 Å². The minimum atomic E-state index is 0.517. The Morgan fingerprint density at radius 3 is 2.62 bits per heavy atom. The second-order valence-electron chi connectivity index (χ2n) is 6.63. The van der Waals surface area contributed by atoms with Crippen LogP contribution in [-0.2, 0) is 0 Å². The predicted molar refractivity (Wildman–Crippen MR) is 106 cm³/mol. The third-order valence-electron chi connectivity index (χ3n) is 4.92. The second kappa shape index (κ2) is 9.09. The van der Waals surface area contributed by atoms with E-state index < -0.39 is 0 Å². The molecule has 0 aromatic heterocycles. The number of piperazine rings is 3. The number of anilines is 1. The van der Waals surface area contributed by atoms with Crippen molar-refractivity contribution in [2.75, 3.05) is 64.8 Å². The topological polar surface area (TPSA) is 61.4 Å². The number of methoxy groups -OCH3 is 1. The van der Waals surface area contributed by atoms with Crippen LogP contribution in [0.25, 0.3) is 0 Å². The number of nitrogens with zero attached hydrogens (tertiary/aromatic N) is 3. The first kappa shape index (κ1) is 18.8. The van der Waals surface area contributed by atoms with Crippen LogP contribution in [0, 0.1) is 0 Å². The first-order valence-electron chi connectivity index (χ1n) is 9.56. The molecular formula is C19H31N5O2. The van der Waals surface area contributed by atoms with Gasteiger partial charge in [0, 0.05) is 57.1 Å². The highest BCUT2D eigenvalue weighted by Crippen LogP contribution is 2.30. The molecule has 144 valence electrons. The minimum Gasteiger partial charge on any atom is -0.493 e. The summed E-state index contributed by atoms with van der Waals surface area (Å²) in [4.78, 5) is 9.92. The fourth-order valence-corrected chi connectivity index (χ4v) is 3.56. The molecule has 26 heavy (non-hydrogen) atoms. The van der Waals surface area contributed by atoms with Crippen LogP contribution in [0.1, 0.15) is 13.8 Å². The van der Waals surface area contributed by atoms with E-state index >= 15 is 0 Å². The van der Waals surface area contributed by atoms with Gasteiger partial charge >= 0.3 is 0 Å². The second-order valence-corrected chi connectivity index (χ2v) is 6.63. The number of guanidine groups is 1. The molecule has 3 heterocycles. The van der Waals surface area contributed by atoms with Crippen LogP contribution in [-0.4, -0.2) is 81.3 Å². The normalized spacial score (nSPS) is 25.0. The van der Waals surface area contributed by atoms with Gasteiger partial charge in [0.2, 0.25) is 0 Å². The molecule has 1 unspecified atom stereocenters. The molecule has 0 amide bonds. The van der Waals surface area contributed by atoms with Crippen molar-refractivity contribution in [1.29, 1.82) is 0 Å². The summed E-state index contributed by atoms with van der Waals surface area (Å²) in [7, 11) is 1.66. The molecule has 0 radical (unpaired) electrons. The van der Waals surface area contributed by atoms with Crippen LogP contribution in [0.3, 0.4) is 0 Å². The van der Waals surface area contributed by atoms with Crippen LogP contribution in [0.2, 0.25) is 0 Å². The molecule has 1 aromatic carbocycles. The monoisotopic (exact) mass is 361 g/mol. The summed E-state index contributed by atoms with van der Waals surface area (Å²) in [6.45, 7) is 12.1. The molecule has 0 saturated carbocycles. The summed E-state index contributed by atoms with van der Waals surface area (Å²) in [5.41, 5.74) is 0.930. The molecule has 7 heteroatoms. The average molecular weight is 361 g/mol. The van der Waals surface area contributed by atoms with E-state index in [1.807, 2.05) is 25.1 Å².